The van der Waals surface area contributed by atoms with E-state index in [1.807, 2.05) is 24.3 Å². The highest BCUT2D eigenvalue weighted by molar-refractivity contribution is 7.89. The van der Waals surface area contributed by atoms with E-state index >= 15 is 0 Å². The van der Waals surface area contributed by atoms with Crippen LogP contribution in [0.3, 0.4) is 0 Å². The molecule has 0 aliphatic heterocycles. The first-order chi connectivity index (χ1) is 9.42. The first-order valence-electron chi connectivity index (χ1n) is 6.24. The van der Waals surface area contributed by atoms with Crippen LogP contribution in [0, 0.1) is 6.92 Å². The predicted molar refractivity (Wildman–Crippen MR) is 81.4 cm³/mol. The second-order valence-electron chi connectivity index (χ2n) is 4.63. The average Bonchev–Trinajstić information content (AvgIpc) is 2.38. The molecule has 1 N–H and O–H groups in total. The van der Waals surface area contributed by atoms with E-state index < -0.39 is 16.1 Å². The Morgan fingerprint density at radius 1 is 1.05 bits per heavy atom. The van der Waals surface area contributed by atoms with Crippen LogP contribution in [0.15, 0.2) is 53.4 Å². The molecular formula is C15H16ClNO2S. The molecule has 0 bridgehead atoms. The van der Waals surface area contributed by atoms with Gasteiger partial charge in [-0.25, -0.2) is 13.1 Å². The van der Waals surface area contributed by atoms with Gasteiger partial charge in [0.1, 0.15) is 0 Å². The van der Waals surface area contributed by atoms with Crippen LogP contribution >= 0.6 is 11.6 Å². The standard InChI is InChI=1S/C15H16ClNO2S/c1-11-7-3-6-10-15(11)20(18,19)17-12(2)13-8-4-5-9-14(13)16/h3-10,12,17H,1-2H3. The van der Waals surface area contributed by atoms with Crippen LogP contribution in [0.5, 0.6) is 0 Å². The molecule has 2 rings (SSSR count). The van der Waals surface area contributed by atoms with Crippen molar-refractivity contribution in [2.24, 2.45) is 0 Å². The minimum absolute atomic E-state index is 0.291. The molecule has 2 aromatic rings. The van der Waals surface area contributed by atoms with E-state index in [4.69, 9.17) is 11.6 Å². The zero-order valence-corrected chi connectivity index (χ0v) is 12.9. The first-order valence-corrected chi connectivity index (χ1v) is 8.10. The summed E-state index contributed by atoms with van der Waals surface area (Å²) < 4.78 is 27.4. The number of nitrogens with one attached hydrogen (secondary N) is 1. The number of halogens is 1. The van der Waals surface area contributed by atoms with Crippen molar-refractivity contribution in [2.45, 2.75) is 24.8 Å². The first kappa shape index (κ1) is 15.0. The Bertz CT molecular complexity index is 713. The largest absolute Gasteiger partial charge is 0.241 e. The molecule has 0 aromatic heterocycles. The molecule has 1 unspecified atom stereocenters. The SMILES string of the molecule is Cc1ccccc1S(=O)(=O)NC(C)c1ccccc1Cl. The lowest BCUT2D eigenvalue weighted by molar-refractivity contribution is 0.566. The third kappa shape index (κ3) is 3.20. The van der Waals surface area contributed by atoms with Crippen molar-refractivity contribution in [1.29, 1.82) is 0 Å². The average molecular weight is 310 g/mol. The second kappa shape index (κ2) is 5.95. The zero-order valence-electron chi connectivity index (χ0n) is 11.3. The maximum absolute atomic E-state index is 12.4. The normalized spacial score (nSPS) is 13.2. The van der Waals surface area contributed by atoms with Crippen LogP contribution in [0.1, 0.15) is 24.1 Å². The lowest BCUT2D eigenvalue weighted by Crippen LogP contribution is -2.27. The molecule has 0 saturated carbocycles. The molecule has 0 aliphatic carbocycles. The molecule has 3 nitrogen and oxygen atoms in total. The summed E-state index contributed by atoms with van der Waals surface area (Å²) in [5, 5.41) is 0.549. The fraction of sp³-hybridized carbons (Fsp3) is 0.200. The van der Waals surface area contributed by atoms with E-state index in [-0.39, 0.29) is 0 Å². The number of rotatable bonds is 4. The van der Waals surface area contributed by atoms with Crippen molar-refractivity contribution in [3.63, 3.8) is 0 Å². The third-order valence-corrected chi connectivity index (χ3v) is 5.13. The van der Waals surface area contributed by atoms with Gasteiger partial charge in [-0.05, 0) is 37.1 Å². The van der Waals surface area contributed by atoms with Gasteiger partial charge in [-0.3, -0.25) is 0 Å². The van der Waals surface area contributed by atoms with Gasteiger partial charge in [-0.1, -0.05) is 48.0 Å². The molecule has 0 fully saturated rings. The summed E-state index contributed by atoms with van der Waals surface area (Å²) in [6.07, 6.45) is 0. The number of aryl methyl sites for hydroxylation is 1. The minimum atomic E-state index is -3.56. The van der Waals surface area contributed by atoms with Gasteiger partial charge < -0.3 is 0 Å². The Hall–Kier alpha value is -1.36. The van der Waals surface area contributed by atoms with Gasteiger partial charge in [0.25, 0.3) is 0 Å². The van der Waals surface area contributed by atoms with Gasteiger partial charge in [0.15, 0.2) is 0 Å². The molecule has 0 aliphatic rings. The van der Waals surface area contributed by atoms with E-state index in [1.54, 1.807) is 38.1 Å². The monoisotopic (exact) mass is 309 g/mol. The third-order valence-electron chi connectivity index (χ3n) is 3.09. The van der Waals surface area contributed by atoms with Crippen molar-refractivity contribution < 1.29 is 8.42 Å². The van der Waals surface area contributed by atoms with Crippen molar-refractivity contribution in [3.8, 4) is 0 Å². The summed E-state index contributed by atoms with van der Waals surface area (Å²) in [7, 11) is -3.56. The predicted octanol–water partition coefficient (Wildman–Crippen LogP) is 3.69. The number of benzene rings is 2. The van der Waals surface area contributed by atoms with Gasteiger partial charge in [0, 0.05) is 11.1 Å². The summed E-state index contributed by atoms with van der Waals surface area (Å²) in [6.45, 7) is 3.55. The lowest BCUT2D eigenvalue weighted by Gasteiger charge is -2.16. The quantitative estimate of drug-likeness (QED) is 0.936. The van der Waals surface area contributed by atoms with E-state index in [0.29, 0.717) is 15.5 Å². The molecule has 0 radical (unpaired) electrons. The summed E-state index contributed by atoms with van der Waals surface area (Å²) in [5.74, 6) is 0. The highest BCUT2D eigenvalue weighted by Gasteiger charge is 2.20. The summed E-state index contributed by atoms with van der Waals surface area (Å²) in [4.78, 5) is 0.291. The summed E-state index contributed by atoms with van der Waals surface area (Å²) >= 11 is 6.09. The van der Waals surface area contributed by atoms with E-state index in [9.17, 15) is 8.42 Å². The van der Waals surface area contributed by atoms with Crippen molar-refractivity contribution in [2.75, 3.05) is 0 Å². The smallest absolute Gasteiger partial charge is 0.207 e. The van der Waals surface area contributed by atoms with Gasteiger partial charge in [-0.15, -0.1) is 0 Å². The molecule has 5 heteroatoms. The molecule has 0 heterocycles. The molecule has 0 saturated heterocycles. The Kier molecular flexibility index (Phi) is 4.48. The Labute approximate surface area is 124 Å². The van der Waals surface area contributed by atoms with Gasteiger partial charge >= 0.3 is 0 Å². The number of hydrogen-bond donors (Lipinski definition) is 1. The van der Waals surface area contributed by atoms with Crippen molar-refractivity contribution in [3.05, 3.63) is 64.7 Å². The fourth-order valence-electron chi connectivity index (χ4n) is 2.04. The zero-order chi connectivity index (χ0) is 14.8. The minimum Gasteiger partial charge on any atom is -0.207 e. The maximum atomic E-state index is 12.4. The van der Waals surface area contributed by atoms with Crippen molar-refractivity contribution >= 4 is 21.6 Å². The molecule has 2 aromatic carbocycles. The van der Waals surface area contributed by atoms with Crippen LogP contribution < -0.4 is 4.72 Å². The second-order valence-corrected chi connectivity index (χ2v) is 6.72. The summed E-state index contributed by atoms with van der Waals surface area (Å²) in [5.41, 5.74) is 1.47. The summed E-state index contributed by atoms with van der Waals surface area (Å²) in [6, 6.07) is 13.7. The lowest BCUT2D eigenvalue weighted by atomic mass is 10.1. The van der Waals surface area contributed by atoms with Crippen molar-refractivity contribution in [1.82, 2.24) is 4.72 Å². The van der Waals surface area contributed by atoms with Gasteiger partial charge in [-0.2, -0.15) is 0 Å². The Morgan fingerprint density at radius 2 is 1.65 bits per heavy atom. The number of hydrogen-bond acceptors (Lipinski definition) is 2. The molecule has 0 amide bonds. The van der Waals surface area contributed by atoms with Gasteiger partial charge in [0.2, 0.25) is 10.0 Å². The Morgan fingerprint density at radius 3 is 2.30 bits per heavy atom. The molecule has 0 spiro atoms. The highest BCUT2D eigenvalue weighted by atomic mass is 35.5. The maximum Gasteiger partial charge on any atom is 0.241 e. The Balaban J connectivity index is 2.30. The van der Waals surface area contributed by atoms with E-state index in [2.05, 4.69) is 4.72 Å². The molecule has 1 atom stereocenters. The van der Waals surface area contributed by atoms with Crippen LogP contribution in [0.25, 0.3) is 0 Å². The topological polar surface area (TPSA) is 46.2 Å². The highest BCUT2D eigenvalue weighted by Crippen LogP contribution is 2.24. The van der Waals surface area contributed by atoms with Crippen LogP contribution in [-0.4, -0.2) is 8.42 Å². The molecule has 20 heavy (non-hydrogen) atoms. The van der Waals surface area contributed by atoms with Crippen LogP contribution in [0.2, 0.25) is 5.02 Å². The number of sulfonamides is 1. The van der Waals surface area contributed by atoms with E-state index in [0.717, 1.165) is 5.56 Å². The van der Waals surface area contributed by atoms with Crippen LogP contribution in [-0.2, 0) is 10.0 Å². The molecular weight excluding hydrogens is 294 g/mol. The molecule has 106 valence electrons. The van der Waals surface area contributed by atoms with Gasteiger partial charge in [0.05, 0.1) is 4.90 Å². The fourth-order valence-corrected chi connectivity index (χ4v) is 3.81. The van der Waals surface area contributed by atoms with Crippen LogP contribution in [0.4, 0.5) is 0 Å². The van der Waals surface area contributed by atoms with E-state index in [1.165, 1.54) is 0 Å².